The van der Waals surface area contributed by atoms with E-state index in [2.05, 4.69) is 10.1 Å². The van der Waals surface area contributed by atoms with E-state index in [0.717, 1.165) is 21.9 Å². The standard InChI is InChI=1S/C12H7N3O3S2/c16-15(17)12-4-8(7-20-12)6-13-11-5-9(14-18-11)10-2-1-3-19-10/h1-7H/b13-6+. The van der Waals surface area contributed by atoms with E-state index in [1.54, 1.807) is 22.8 Å². The first-order valence-electron chi connectivity index (χ1n) is 5.50. The van der Waals surface area contributed by atoms with Gasteiger partial charge >= 0.3 is 5.00 Å². The van der Waals surface area contributed by atoms with Gasteiger partial charge in [0.2, 0.25) is 0 Å². The molecule has 8 heteroatoms. The van der Waals surface area contributed by atoms with E-state index >= 15 is 0 Å². The van der Waals surface area contributed by atoms with E-state index in [1.165, 1.54) is 12.3 Å². The zero-order chi connectivity index (χ0) is 13.9. The molecular formula is C12H7N3O3S2. The van der Waals surface area contributed by atoms with Crippen LogP contribution in [0.1, 0.15) is 5.56 Å². The van der Waals surface area contributed by atoms with Crippen LogP contribution < -0.4 is 0 Å². The molecule has 0 unspecified atom stereocenters. The Morgan fingerprint density at radius 3 is 3.00 bits per heavy atom. The molecule has 0 fully saturated rings. The van der Waals surface area contributed by atoms with Crippen LogP contribution in [0.25, 0.3) is 10.6 Å². The summed E-state index contributed by atoms with van der Waals surface area (Å²) in [5.74, 6) is 0.363. The molecule has 0 aliphatic carbocycles. The number of hydrogen-bond acceptors (Lipinski definition) is 7. The Morgan fingerprint density at radius 1 is 1.40 bits per heavy atom. The lowest BCUT2D eigenvalue weighted by atomic mass is 10.3. The van der Waals surface area contributed by atoms with Crippen molar-refractivity contribution in [2.75, 3.05) is 0 Å². The van der Waals surface area contributed by atoms with Gasteiger partial charge in [0.05, 0.1) is 9.80 Å². The highest BCUT2D eigenvalue weighted by molar-refractivity contribution is 7.13. The molecule has 0 N–H and O–H groups in total. The third-order valence-corrected chi connectivity index (χ3v) is 4.19. The summed E-state index contributed by atoms with van der Waals surface area (Å²) in [6, 6.07) is 7.06. The second-order valence-electron chi connectivity index (χ2n) is 3.76. The van der Waals surface area contributed by atoms with Crippen LogP contribution in [0.4, 0.5) is 10.9 Å². The number of thiophene rings is 2. The quantitative estimate of drug-likeness (QED) is 0.412. The summed E-state index contributed by atoms with van der Waals surface area (Å²) in [5.41, 5.74) is 1.39. The molecule has 3 rings (SSSR count). The van der Waals surface area contributed by atoms with Gasteiger partial charge in [0.25, 0.3) is 5.88 Å². The SMILES string of the molecule is O=[N+]([O-])c1cc(/C=N/c2cc(-c3cccs3)no2)cs1. The van der Waals surface area contributed by atoms with Gasteiger partial charge in [-0.2, -0.15) is 0 Å². The third kappa shape index (κ3) is 2.65. The largest absolute Gasteiger partial charge is 0.336 e. The van der Waals surface area contributed by atoms with Crippen LogP contribution in [0.5, 0.6) is 0 Å². The van der Waals surface area contributed by atoms with Gasteiger partial charge in [0, 0.05) is 29.3 Å². The first-order chi connectivity index (χ1) is 9.72. The molecule has 3 aromatic rings. The van der Waals surface area contributed by atoms with E-state index in [0.29, 0.717) is 11.4 Å². The second kappa shape index (κ2) is 5.35. The molecule has 20 heavy (non-hydrogen) atoms. The predicted octanol–water partition coefficient (Wildman–Crippen LogP) is 4.12. The Morgan fingerprint density at radius 2 is 2.30 bits per heavy atom. The normalized spacial score (nSPS) is 11.2. The number of aromatic nitrogens is 1. The van der Waals surface area contributed by atoms with Crippen LogP contribution >= 0.6 is 22.7 Å². The molecule has 0 saturated carbocycles. The van der Waals surface area contributed by atoms with E-state index in [-0.39, 0.29) is 5.00 Å². The lowest BCUT2D eigenvalue weighted by Gasteiger charge is -1.83. The van der Waals surface area contributed by atoms with Gasteiger partial charge in [-0.3, -0.25) is 10.1 Å². The van der Waals surface area contributed by atoms with Crippen LogP contribution in [-0.2, 0) is 0 Å². The predicted molar refractivity (Wildman–Crippen MR) is 78.0 cm³/mol. The fraction of sp³-hybridized carbons (Fsp3) is 0. The molecule has 0 radical (unpaired) electrons. The smallest absolute Gasteiger partial charge is 0.324 e. The van der Waals surface area contributed by atoms with Crippen LogP contribution in [0.15, 0.2) is 44.5 Å². The molecule has 100 valence electrons. The lowest BCUT2D eigenvalue weighted by Crippen LogP contribution is -1.81. The zero-order valence-corrected chi connectivity index (χ0v) is 11.6. The van der Waals surface area contributed by atoms with E-state index in [1.807, 2.05) is 17.5 Å². The van der Waals surface area contributed by atoms with Crippen molar-refractivity contribution in [1.29, 1.82) is 0 Å². The van der Waals surface area contributed by atoms with Gasteiger partial charge in [-0.25, -0.2) is 4.99 Å². The fourth-order valence-corrected chi connectivity index (χ4v) is 2.86. The van der Waals surface area contributed by atoms with E-state index in [4.69, 9.17) is 4.52 Å². The molecular weight excluding hydrogens is 298 g/mol. The van der Waals surface area contributed by atoms with Gasteiger partial charge in [0.1, 0.15) is 5.69 Å². The Labute approximate surface area is 121 Å². The summed E-state index contributed by atoms with van der Waals surface area (Å²) in [6.07, 6.45) is 1.52. The molecule has 3 aromatic heterocycles. The zero-order valence-electron chi connectivity index (χ0n) is 9.92. The minimum atomic E-state index is -0.425. The summed E-state index contributed by atoms with van der Waals surface area (Å²) in [6.45, 7) is 0. The molecule has 0 aromatic carbocycles. The van der Waals surface area contributed by atoms with Gasteiger partial charge in [0.15, 0.2) is 0 Å². The maximum absolute atomic E-state index is 10.6. The van der Waals surface area contributed by atoms with Gasteiger partial charge in [-0.05, 0) is 11.4 Å². The average Bonchev–Trinajstić information content (AvgIpc) is 3.17. The summed E-state index contributed by atoms with van der Waals surface area (Å²) in [5, 5.41) is 18.2. The van der Waals surface area contributed by atoms with Crippen molar-refractivity contribution >= 4 is 39.8 Å². The minimum Gasteiger partial charge on any atom is -0.336 e. The first kappa shape index (κ1) is 12.7. The Bertz CT molecular complexity index is 759. The van der Waals surface area contributed by atoms with Gasteiger partial charge in [-0.15, -0.1) is 11.3 Å². The minimum absolute atomic E-state index is 0.0864. The molecule has 0 atom stereocenters. The highest BCUT2D eigenvalue weighted by atomic mass is 32.1. The number of rotatable bonds is 4. The summed E-state index contributed by atoms with van der Waals surface area (Å²) < 4.78 is 5.09. The molecule has 0 spiro atoms. The maximum atomic E-state index is 10.6. The monoisotopic (exact) mass is 305 g/mol. The van der Waals surface area contributed by atoms with Crippen molar-refractivity contribution in [1.82, 2.24) is 5.16 Å². The summed E-state index contributed by atoms with van der Waals surface area (Å²) in [7, 11) is 0. The molecule has 0 bridgehead atoms. The van der Waals surface area contributed by atoms with Crippen LogP contribution in [0, 0.1) is 10.1 Å². The summed E-state index contributed by atoms with van der Waals surface area (Å²) >= 11 is 2.62. The van der Waals surface area contributed by atoms with E-state index in [9.17, 15) is 10.1 Å². The van der Waals surface area contributed by atoms with Crippen molar-refractivity contribution in [3.8, 4) is 10.6 Å². The fourth-order valence-electron chi connectivity index (χ4n) is 1.51. The molecule has 3 heterocycles. The van der Waals surface area contributed by atoms with Crippen molar-refractivity contribution in [2.24, 2.45) is 4.99 Å². The highest BCUT2D eigenvalue weighted by Gasteiger charge is 2.09. The molecule has 0 aliphatic rings. The van der Waals surface area contributed by atoms with Crippen LogP contribution in [-0.4, -0.2) is 16.3 Å². The Balaban J connectivity index is 1.77. The third-order valence-electron chi connectivity index (χ3n) is 2.40. The van der Waals surface area contributed by atoms with E-state index < -0.39 is 4.92 Å². The van der Waals surface area contributed by atoms with Crippen LogP contribution in [0.3, 0.4) is 0 Å². The van der Waals surface area contributed by atoms with Gasteiger partial charge < -0.3 is 4.52 Å². The van der Waals surface area contributed by atoms with Gasteiger partial charge in [-0.1, -0.05) is 22.6 Å². The van der Waals surface area contributed by atoms with Crippen LogP contribution in [0.2, 0.25) is 0 Å². The van der Waals surface area contributed by atoms with Crippen molar-refractivity contribution in [3.63, 3.8) is 0 Å². The maximum Gasteiger partial charge on any atom is 0.324 e. The number of aliphatic imine (C=N–C) groups is 1. The number of hydrogen-bond donors (Lipinski definition) is 0. The first-order valence-corrected chi connectivity index (χ1v) is 7.26. The molecule has 0 saturated heterocycles. The van der Waals surface area contributed by atoms with Crippen molar-refractivity contribution in [3.05, 3.63) is 50.7 Å². The van der Waals surface area contributed by atoms with Crippen molar-refractivity contribution < 1.29 is 9.45 Å². The average molecular weight is 305 g/mol. The molecule has 0 amide bonds. The molecule has 6 nitrogen and oxygen atoms in total. The number of nitrogens with zero attached hydrogens (tertiary/aromatic N) is 3. The highest BCUT2D eigenvalue weighted by Crippen LogP contribution is 2.27. The summed E-state index contributed by atoms with van der Waals surface area (Å²) in [4.78, 5) is 15.3. The lowest BCUT2D eigenvalue weighted by molar-refractivity contribution is -0.380. The van der Waals surface area contributed by atoms with Crippen molar-refractivity contribution in [2.45, 2.75) is 0 Å². The topological polar surface area (TPSA) is 81.5 Å². The number of nitro groups is 1. The Kier molecular flexibility index (Phi) is 3.40. The molecule has 0 aliphatic heterocycles. The second-order valence-corrected chi connectivity index (χ2v) is 5.60. The Hall–Kier alpha value is -2.32.